The second-order valence-electron chi connectivity index (χ2n) is 4.75. The van der Waals surface area contributed by atoms with Crippen molar-refractivity contribution in [2.45, 2.75) is 50.0 Å². The van der Waals surface area contributed by atoms with Crippen molar-refractivity contribution in [1.82, 2.24) is 5.32 Å². The van der Waals surface area contributed by atoms with E-state index in [0.29, 0.717) is 6.04 Å². The summed E-state index contributed by atoms with van der Waals surface area (Å²) < 4.78 is 5.77. The Kier molecular flexibility index (Phi) is 3.40. The number of rotatable bonds is 3. The first-order chi connectivity index (χ1) is 6.70. The first kappa shape index (κ1) is 10.8. The van der Waals surface area contributed by atoms with Gasteiger partial charge in [0.25, 0.3) is 0 Å². The van der Waals surface area contributed by atoms with Crippen LogP contribution < -0.4 is 5.32 Å². The lowest BCUT2D eigenvalue weighted by Gasteiger charge is -2.27. The fourth-order valence-corrected chi connectivity index (χ4v) is 3.55. The SMILES string of the molecule is CC1SCCC1NCC1(C)CCCO1. The average Bonchev–Trinajstić information content (AvgIpc) is 2.73. The predicted octanol–water partition coefficient (Wildman–Crippen LogP) is 2.04. The monoisotopic (exact) mass is 215 g/mol. The first-order valence-electron chi connectivity index (χ1n) is 5.69. The van der Waals surface area contributed by atoms with Crippen LogP contribution in [0.4, 0.5) is 0 Å². The van der Waals surface area contributed by atoms with Crippen molar-refractivity contribution in [3.63, 3.8) is 0 Å². The van der Waals surface area contributed by atoms with Crippen LogP contribution in [0.25, 0.3) is 0 Å². The van der Waals surface area contributed by atoms with Crippen molar-refractivity contribution in [1.29, 1.82) is 0 Å². The smallest absolute Gasteiger partial charge is 0.0779 e. The summed E-state index contributed by atoms with van der Waals surface area (Å²) in [6.45, 7) is 6.54. The van der Waals surface area contributed by atoms with E-state index in [1.54, 1.807) is 0 Å². The van der Waals surface area contributed by atoms with Crippen LogP contribution in [0.2, 0.25) is 0 Å². The quantitative estimate of drug-likeness (QED) is 0.778. The van der Waals surface area contributed by atoms with Gasteiger partial charge in [0.15, 0.2) is 0 Å². The van der Waals surface area contributed by atoms with Gasteiger partial charge in [0.2, 0.25) is 0 Å². The van der Waals surface area contributed by atoms with Gasteiger partial charge < -0.3 is 10.1 Å². The fraction of sp³-hybridized carbons (Fsp3) is 1.00. The fourth-order valence-electron chi connectivity index (χ4n) is 2.32. The highest BCUT2D eigenvalue weighted by molar-refractivity contribution is 8.00. The normalized spacial score (nSPS) is 43.3. The van der Waals surface area contributed by atoms with Gasteiger partial charge in [-0.1, -0.05) is 6.92 Å². The largest absolute Gasteiger partial charge is 0.374 e. The summed E-state index contributed by atoms with van der Waals surface area (Å²) in [7, 11) is 0. The molecule has 2 saturated heterocycles. The Bertz CT molecular complexity index is 192. The van der Waals surface area contributed by atoms with Gasteiger partial charge in [-0.05, 0) is 31.9 Å². The molecule has 2 aliphatic rings. The molecule has 2 fully saturated rings. The van der Waals surface area contributed by atoms with Crippen molar-refractivity contribution in [2.75, 3.05) is 18.9 Å². The summed E-state index contributed by atoms with van der Waals surface area (Å²) in [5.41, 5.74) is 0.118. The minimum absolute atomic E-state index is 0.118. The Morgan fingerprint density at radius 2 is 2.43 bits per heavy atom. The topological polar surface area (TPSA) is 21.3 Å². The van der Waals surface area contributed by atoms with Crippen molar-refractivity contribution in [2.24, 2.45) is 0 Å². The third kappa shape index (κ3) is 2.44. The van der Waals surface area contributed by atoms with E-state index in [1.165, 1.54) is 25.0 Å². The molecule has 0 bridgehead atoms. The molecule has 0 radical (unpaired) electrons. The Labute approximate surface area is 91.2 Å². The Morgan fingerprint density at radius 1 is 1.57 bits per heavy atom. The Balaban J connectivity index is 1.75. The zero-order valence-electron chi connectivity index (χ0n) is 9.21. The summed E-state index contributed by atoms with van der Waals surface area (Å²) in [4.78, 5) is 0. The van der Waals surface area contributed by atoms with E-state index < -0.39 is 0 Å². The predicted molar refractivity (Wildman–Crippen MR) is 61.9 cm³/mol. The van der Waals surface area contributed by atoms with Crippen LogP contribution in [0.3, 0.4) is 0 Å². The van der Waals surface area contributed by atoms with Crippen LogP contribution >= 0.6 is 11.8 Å². The molecule has 82 valence electrons. The maximum absolute atomic E-state index is 5.77. The molecule has 2 nitrogen and oxygen atoms in total. The van der Waals surface area contributed by atoms with Crippen LogP contribution in [-0.2, 0) is 4.74 Å². The molecule has 0 aliphatic carbocycles. The molecule has 3 heteroatoms. The Hall–Kier alpha value is 0.270. The second kappa shape index (κ2) is 4.42. The second-order valence-corrected chi connectivity index (χ2v) is 6.24. The van der Waals surface area contributed by atoms with Crippen molar-refractivity contribution >= 4 is 11.8 Å². The zero-order chi connectivity index (χ0) is 10.0. The first-order valence-corrected chi connectivity index (χ1v) is 6.73. The highest BCUT2D eigenvalue weighted by Gasteiger charge is 2.32. The van der Waals surface area contributed by atoms with E-state index in [-0.39, 0.29) is 5.60 Å². The number of ether oxygens (including phenoxy) is 1. The van der Waals surface area contributed by atoms with Gasteiger partial charge in [-0.3, -0.25) is 0 Å². The minimum Gasteiger partial charge on any atom is -0.374 e. The number of thioether (sulfide) groups is 1. The highest BCUT2D eigenvalue weighted by Crippen LogP contribution is 2.28. The van der Waals surface area contributed by atoms with E-state index in [1.807, 2.05) is 0 Å². The van der Waals surface area contributed by atoms with Crippen LogP contribution in [-0.4, -0.2) is 35.8 Å². The van der Waals surface area contributed by atoms with Crippen LogP contribution in [0.5, 0.6) is 0 Å². The molecular weight excluding hydrogens is 194 g/mol. The molecule has 2 aliphatic heterocycles. The lowest BCUT2D eigenvalue weighted by atomic mass is 10.0. The van der Waals surface area contributed by atoms with Crippen molar-refractivity contribution in [3.8, 4) is 0 Å². The van der Waals surface area contributed by atoms with Gasteiger partial charge in [-0.25, -0.2) is 0 Å². The van der Waals surface area contributed by atoms with Crippen molar-refractivity contribution < 1.29 is 4.74 Å². The highest BCUT2D eigenvalue weighted by atomic mass is 32.2. The molecule has 0 aromatic heterocycles. The third-order valence-corrected chi connectivity index (χ3v) is 4.74. The third-order valence-electron chi connectivity index (χ3n) is 3.41. The lowest BCUT2D eigenvalue weighted by Crippen LogP contribution is -2.44. The van der Waals surface area contributed by atoms with Crippen LogP contribution in [0.15, 0.2) is 0 Å². The molecule has 3 unspecified atom stereocenters. The Morgan fingerprint density at radius 3 is 3.00 bits per heavy atom. The minimum atomic E-state index is 0.118. The van der Waals surface area contributed by atoms with E-state index in [4.69, 9.17) is 4.74 Å². The van der Waals surface area contributed by atoms with E-state index in [9.17, 15) is 0 Å². The van der Waals surface area contributed by atoms with Gasteiger partial charge in [0, 0.05) is 24.4 Å². The summed E-state index contributed by atoms with van der Waals surface area (Å²) in [5, 5.41) is 4.45. The molecular formula is C11H21NOS. The molecule has 3 atom stereocenters. The molecule has 0 aromatic rings. The molecule has 2 heterocycles. The van der Waals surface area contributed by atoms with E-state index in [0.717, 1.165) is 18.4 Å². The van der Waals surface area contributed by atoms with E-state index >= 15 is 0 Å². The molecule has 1 N–H and O–H groups in total. The van der Waals surface area contributed by atoms with E-state index in [2.05, 4.69) is 30.9 Å². The van der Waals surface area contributed by atoms with Gasteiger partial charge in [-0.15, -0.1) is 0 Å². The van der Waals surface area contributed by atoms with Crippen LogP contribution in [0, 0.1) is 0 Å². The standard InChI is InChI=1S/C11H21NOS/c1-9-10(4-7-14-9)12-8-11(2)5-3-6-13-11/h9-10,12H,3-8H2,1-2H3. The molecule has 0 aromatic carbocycles. The lowest BCUT2D eigenvalue weighted by molar-refractivity contribution is 0.0189. The zero-order valence-corrected chi connectivity index (χ0v) is 10.0. The van der Waals surface area contributed by atoms with Crippen LogP contribution in [0.1, 0.15) is 33.1 Å². The average molecular weight is 215 g/mol. The van der Waals surface area contributed by atoms with Gasteiger partial charge in [0.1, 0.15) is 0 Å². The molecule has 0 saturated carbocycles. The maximum Gasteiger partial charge on any atom is 0.0779 e. The van der Waals surface area contributed by atoms with Crippen molar-refractivity contribution in [3.05, 3.63) is 0 Å². The summed E-state index contributed by atoms with van der Waals surface area (Å²) in [5.74, 6) is 1.32. The molecule has 14 heavy (non-hydrogen) atoms. The number of hydrogen-bond donors (Lipinski definition) is 1. The van der Waals surface area contributed by atoms with Gasteiger partial charge >= 0.3 is 0 Å². The summed E-state index contributed by atoms with van der Waals surface area (Å²) in [6, 6.07) is 0.709. The molecule has 2 rings (SSSR count). The maximum atomic E-state index is 5.77. The molecule has 0 spiro atoms. The summed E-state index contributed by atoms with van der Waals surface area (Å²) in [6.07, 6.45) is 3.77. The summed E-state index contributed by atoms with van der Waals surface area (Å²) >= 11 is 2.08. The van der Waals surface area contributed by atoms with Gasteiger partial charge in [-0.2, -0.15) is 11.8 Å². The number of hydrogen-bond acceptors (Lipinski definition) is 3. The number of nitrogens with one attached hydrogen (secondary N) is 1. The van der Waals surface area contributed by atoms with Gasteiger partial charge in [0.05, 0.1) is 5.60 Å². The molecule has 0 amide bonds.